The highest BCUT2D eigenvalue weighted by atomic mass is 35.5. The zero-order valence-corrected chi connectivity index (χ0v) is 19.0. The Morgan fingerprint density at radius 1 is 1.13 bits per heavy atom. The molecular weight excluding hydrogens is 449 g/mol. The number of hydrogen-bond acceptors (Lipinski definition) is 6. The molecule has 0 radical (unpaired) electrons. The maximum Gasteiger partial charge on any atom is 0.335 e. The van der Waals surface area contributed by atoms with Gasteiger partial charge in [0.1, 0.15) is 0 Å². The molecule has 10 heteroatoms. The number of piperidine rings is 1. The summed E-state index contributed by atoms with van der Waals surface area (Å²) in [5.74, 6) is -2.46. The van der Waals surface area contributed by atoms with Gasteiger partial charge >= 0.3 is 11.9 Å². The molecule has 0 unspecified atom stereocenters. The highest BCUT2D eigenvalue weighted by molar-refractivity contribution is 6.42. The van der Waals surface area contributed by atoms with Crippen molar-refractivity contribution in [1.29, 1.82) is 0 Å². The van der Waals surface area contributed by atoms with E-state index in [0.29, 0.717) is 34.0 Å². The van der Waals surface area contributed by atoms with Crippen molar-refractivity contribution in [2.75, 3.05) is 20.3 Å². The van der Waals surface area contributed by atoms with Crippen LogP contribution in [0.3, 0.4) is 0 Å². The summed E-state index contributed by atoms with van der Waals surface area (Å²) in [5, 5.41) is 33.8. The number of aliphatic carboxylic acids is 2. The van der Waals surface area contributed by atoms with E-state index in [9.17, 15) is 9.59 Å². The maximum atomic E-state index is 9.77. The van der Waals surface area contributed by atoms with Gasteiger partial charge in [-0.3, -0.25) is 0 Å². The molecule has 0 aromatic heterocycles. The second kappa shape index (κ2) is 11.4. The van der Waals surface area contributed by atoms with Gasteiger partial charge in [0.2, 0.25) is 0 Å². The number of carboxylic acids is 2. The molecule has 8 nitrogen and oxygen atoms in total. The first kappa shape index (κ1) is 25.8. The molecule has 0 saturated carbocycles. The lowest BCUT2D eigenvalue weighted by Crippen LogP contribution is -2.47. The first-order valence-electron chi connectivity index (χ1n) is 10.1. The Morgan fingerprint density at radius 2 is 1.74 bits per heavy atom. The Bertz CT molecular complexity index is 760. The smallest absolute Gasteiger partial charge is 0.335 e. The van der Waals surface area contributed by atoms with E-state index >= 15 is 0 Å². The summed E-state index contributed by atoms with van der Waals surface area (Å²) in [4.78, 5) is 22.1. The predicted molar refractivity (Wildman–Crippen MR) is 116 cm³/mol. The normalized spacial score (nSPS) is 27.2. The molecule has 3 rings (SSSR count). The average Bonchev–Trinajstić information content (AvgIpc) is 2.97. The van der Waals surface area contributed by atoms with Crippen molar-refractivity contribution in [3.8, 4) is 0 Å². The highest BCUT2D eigenvalue weighted by Gasteiger charge is 2.45. The summed E-state index contributed by atoms with van der Waals surface area (Å²) in [6, 6.07) is 7.46. The second-order valence-corrected chi connectivity index (χ2v) is 8.68. The molecule has 2 aliphatic rings. The van der Waals surface area contributed by atoms with Crippen LogP contribution in [0.1, 0.15) is 37.7 Å². The summed E-state index contributed by atoms with van der Waals surface area (Å²) in [6.07, 6.45) is -0.740. The Morgan fingerprint density at radius 3 is 2.26 bits per heavy atom. The quantitative estimate of drug-likeness (QED) is 0.471. The van der Waals surface area contributed by atoms with Crippen LogP contribution in [0.25, 0.3) is 0 Å². The molecule has 2 aliphatic heterocycles. The minimum absolute atomic E-state index is 0.528. The van der Waals surface area contributed by atoms with E-state index in [1.807, 2.05) is 6.07 Å². The van der Waals surface area contributed by atoms with Gasteiger partial charge in [0.05, 0.1) is 16.7 Å². The van der Waals surface area contributed by atoms with Gasteiger partial charge < -0.3 is 30.1 Å². The Hall–Kier alpha value is -1.42. The van der Waals surface area contributed by atoms with Crippen molar-refractivity contribution in [2.24, 2.45) is 5.92 Å². The number of nitrogens with zero attached hydrogens (tertiary/aromatic N) is 1. The van der Waals surface area contributed by atoms with Crippen LogP contribution < -0.4 is 0 Å². The molecule has 2 fully saturated rings. The number of fused-ring (bicyclic) bond motifs is 2. The van der Waals surface area contributed by atoms with Crippen LogP contribution in [0.5, 0.6) is 0 Å². The summed E-state index contributed by atoms with van der Waals surface area (Å²) in [6.45, 7) is 3.69. The van der Waals surface area contributed by atoms with Crippen LogP contribution in [-0.4, -0.2) is 81.8 Å². The van der Waals surface area contributed by atoms with Crippen LogP contribution in [0, 0.1) is 5.92 Å². The SMILES string of the molecule is CCOC[C@@H]1[C@@H](c2ccc(Cl)c(Cl)c2)C[C@@H]2CC[C@H]1N2C.O=C(O)[C@H](O)[C@@H](O)C(=O)O. The number of aliphatic hydroxyl groups excluding tert-OH is 2. The van der Waals surface area contributed by atoms with E-state index < -0.39 is 24.1 Å². The van der Waals surface area contributed by atoms with E-state index in [1.54, 1.807) is 0 Å². The van der Waals surface area contributed by atoms with Gasteiger partial charge in [-0.2, -0.15) is 0 Å². The van der Waals surface area contributed by atoms with Crippen LogP contribution in [-0.2, 0) is 14.3 Å². The first-order valence-corrected chi connectivity index (χ1v) is 10.9. The molecule has 1 aromatic carbocycles. The molecule has 174 valence electrons. The topological polar surface area (TPSA) is 128 Å². The minimum atomic E-state index is -2.27. The average molecular weight is 478 g/mol. The zero-order valence-electron chi connectivity index (χ0n) is 17.4. The van der Waals surface area contributed by atoms with Crippen molar-refractivity contribution in [3.63, 3.8) is 0 Å². The van der Waals surface area contributed by atoms with E-state index in [-0.39, 0.29) is 0 Å². The summed E-state index contributed by atoms with van der Waals surface area (Å²) in [5.41, 5.74) is 1.32. The highest BCUT2D eigenvalue weighted by Crippen LogP contribution is 2.46. The maximum absolute atomic E-state index is 9.77. The minimum Gasteiger partial charge on any atom is -0.479 e. The number of rotatable bonds is 7. The second-order valence-electron chi connectivity index (χ2n) is 7.87. The Kier molecular flexibility index (Phi) is 9.54. The van der Waals surface area contributed by atoms with Crippen LogP contribution in [0.15, 0.2) is 18.2 Å². The van der Waals surface area contributed by atoms with Gasteiger partial charge in [-0.05, 0) is 56.8 Å². The molecule has 31 heavy (non-hydrogen) atoms. The molecule has 1 aromatic rings. The Labute approximate surface area is 191 Å². The van der Waals surface area contributed by atoms with Gasteiger partial charge in [-0.15, -0.1) is 0 Å². The van der Waals surface area contributed by atoms with E-state index in [4.69, 9.17) is 48.4 Å². The van der Waals surface area contributed by atoms with Crippen molar-refractivity contribution in [1.82, 2.24) is 4.90 Å². The lowest BCUT2D eigenvalue weighted by atomic mass is 9.76. The van der Waals surface area contributed by atoms with Crippen molar-refractivity contribution in [3.05, 3.63) is 33.8 Å². The standard InChI is InChI=1S/C17H23Cl2NO.C4H6O6/c1-3-21-10-14-13(9-12-5-7-17(14)20(12)2)11-4-6-15(18)16(19)8-11;5-1(3(7)8)2(6)4(9)10/h4,6,8,12-14,17H,3,5,7,9-10H2,1-2H3;1-2,5-6H,(H,7,8)(H,9,10)/t12-,13+,14+,17+;1-,2-/m01/s1. The lowest BCUT2D eigenvalue weighted by molar-refractivity contribution is -0.165. The van der Waals surface area contributed by atoms with Crippen LogP contribution >= 0.6 is 23.2 Å². The fourth-order valence-electron chi connectivity index (χ4n) is 4.46. The molecular formula is C21H29Cl2NO7. The number of benzene rings is 1. The summed E-state index contributed by atoms with van der Waals surface area (Å²) < 4.78 is 5.79. The molecule has 6 atom stereocenters. The number of ether oxygens (including phenoxy) is 1. The van der Waals surface area contributed by atoms with Crippen molar-refractivity contribution < 1.29 is 34.8 Å². The van der Waals surface area contributed by atoms with Gasteiger partial charge in [0.25, 0.3) is 0 Å². The number of carbonyl (C=O) groups is 2. The van der Waals surface area contributed by atoms with E-state index in [0.717, 1.165) is 13.2 Å². The number of carboxylic acid groups (broad SMARTS) is 2. The third-order valence-corrected chi connectivity index (χ3v) is 6.86. The van der Waals surface area contributed by atoms with Gasteiger partial charge in [-0.25, -0.2) is 9.59 Å². The lowest BCUT2D eigenvalue weighted by Gasteiger charge is -2.43. The van der Waals surface area contributed by atoms with E-state index in [1.165, 1.54) is 24.8 Å². The van der Waals surface area contributed by atoms with E-state index in [2.05, 4.69) is 31.0 Å². The van der Waals surface area contributed by atoms with Crippen LogP contribution in [0.2, 0.25) is 10.0 Å². The fraction of sp³-hybridized carbons (Fsp3) is 0.619. The van der Waals surface area contributed by atoms with Crippen molar-refractivity contribution >= 4 is 35.1 Å². The summed E-state index contributed by atoms with van der Waals surface area (Å²) in [7, 11) is 2.27. The molecule has 2 heterocycles. The zero-order chi connectivity index (χ0) is 23.3. The third-order valence-electron chi connectivity index (χ3n) is 6.12. The molecule has 4 N–H and O–H groups in total. The fourth-order valence-corrected chi connectivity index (χ4v) is 4.76. The number of aliphatic hydroxyl groups is 2. The number of halogens is 2. The molecule has 2 bridgehead atoms. The third kappa shape index (κ3) is 6.31. The monoisotopic (exact) mass is 477 g/mol. The molecule has 0 amide bonds. The predicted octanol–water partition coefficient (Wildman–Crippen LogP) is 2.47. The van der Waals surface area contributed by atoms with Crippen LogP contribution in [0.4, 0.5) is 0 Å². The number of hydrogen-bond donors (Lipinski definition) is 4. The summed E-state index contributed by atoms with van der Waals surface area (Å²) >= 11 is 12.3. The Balaban J connectivity index is 0.000000291. The van der Waals surface area contributed by atoms with Gasteiger partial charge in [0, 0.05) is 24.6 Å². The van der Waals surface area contributed by atoms with Gasteiger partial charge in [0.15, 0.2) is 12.2 Å². The molecule has 2 saturated heterocycles. The molecule has 0 aliphatic carbocycles. The largest absolute Gasteiger partial charge is 0.479 e. The molecule has 0 spiro atoms. The van der Waals surface area contributed by atoms with Crippen molar-refractivity contribution in [2.45, 2.75) is 56.4 Å². The first-order chi connectivity index (χ1) is 14.6. The van der Waals surface area contributed by atoms with Gasteiger partial charge in [-0.1, -0.05) is 29.3 Å².